The lowest BCUT2D eigenvalue weighted by Gasteiger charge is -2.30. The summed E-state index contributed by atoms with van der Waals surface area (Å²) in [7, 11) is 2.26. The van der Waals surface area contributed by atoms with Gasteiger partial charge in [-0.05, 0) is 88.9 Å². The van der Waals surface area contributed by atoms with Crippen molar-refractivity contribution in [2.75, 3.05) is 26.7 Å². The SMILES string of the molecule is CN1CCC(CCNC2CCCC(C(C)(C)C)CC2)CC1. The van der Waals surface area contributed by atoms with Gasteiger partial charge in [0, 0.05) is 6.04 Å². The lowest BCUT2D eigenvalue weighted by atomic mass is 9.76. The number of hydrogen-bond acceptors (Lipinski definition) is 2. The first kappa shape index (κ1) is 17.3. The minimum absolute atomic E-state index is 0.503. The molecule has 1 saturated heterocycles. The van der Waals surface area contributed by atoms with Gasteiger partial charge >= 0.3 is 0 Å². The van der Waals surface area contributed by atoms with Crippen LogP contribution in [0.1, 0.15) is 72.1 Å². The van der Waals surface area contributed by atoms with Crippen molar-refractivity contribution in [2.45, 2.75) is 78.2 Å². The first-order chi connectivity index (χ1) is 9.95. The number of hydrogen-bond donors (Lipinski definition) is 1. The predicted molar refractivity (Wildman–Crippen MR) is 92.7 cm³/mol. The largest absolute Gasteiger partial charge is 0.314 e. The maximum absolute atomic E-state index is 3.88. The number of nitrogens with one attached hydrogen (secondary N) is 1. The highest BCUT2D eigenvalue weighted by Crippen LogP contribution is 2.36. The van der Waals surface area contributed by atoms with Crippen LogP contribution in [0.2, 0.25) is 0 Å². The van der Waals surface area contributed by atoms with Gasteiger partial charge in [0.1, 0.15) is 0 Å². The summed E-state index contributed by atoms with van der Waals surface area (Å²) in [6, 6.07) is 0.795. The predicted octanol–water partition coefficient (Wildman–Crippen LogP) is 4.30. The highest BCUT2D eigenvalue weighted by atomic mass is 15.1. The molecule has 0 aromatic carbocycles. The Hall–Kier alpha value is -0.0800. The van der Waals surface area contributed by atoms with Gasteiger partial charge in [0.25, 0.3) is 0 Å². The van der Waals surface area contributed by atoms with Gasteiger partial charge in [-0.2, -0.15) is 0 Å². The van der Waals surface area contributed by atoms with Crippen LogP contribution in [0.25, 0.3) is 0 Å². The molecule has 2 nitrogen and oxygen atoms in total. The normalized spacial score (nSPS) is 30.3. The van der Waals surface area contributed by atoms with Gasteiger partial charge in [-0.1, -0.05) is 27.2 Å². The smallest absolute Gasteiger partial charge is 0.00671 e. The highest BCUT2D eigenvalue weighted by Gasteiger charge is 2.27. The third kappa shape index (κ3) is 5.90. The molecule has 0 aromatic heterocycles. The summed E-state index contributed by atoms with van der Waals surface area (Å²) in [5.41, 5.74) is 0.503. The van der Waals surface area contributed by atoms with Crippen LogP contribution in [0.15, 0.2) is 0 Å². The summed E-state index contributed by atoms with van der Waals surface area (Å²) < 4.78 is 0. The fourth-order valence-corrected chi connectivity index (χ4v) is 4.21. The molecule has 2 fully saturated rings. The molecule has 1 N–H and O–H groups in total. The molecule has 1 saturated carbocycles. The highest BCUT2D eigenvalue weighted by molar-refractivity contribution is 4.81. The fraction of sp³-hybridized carbons (Fsp3) is 1.00. The Kier molecular flexibility index (Phi) is 6.55. The zero-order valence-corrected chi connectivity index (χ0v) is 15.0. The molecular formula is C19H38N2. The molecular weight excluding hydrogens is 256 g/mol. The van der Waals surface area contributed by atoms with Crippen molar-refractivity contribution in [2.24, 2.45) is 17.3 Å². The molecule has 0 amide bonds. The molecule has 21 heavy (non-hydrogen) atoms. The van der Waals surface area contributed by atoms with Crippen molar-refractivity contribution >= 4 is 0 Å². The molecule has 1 aliphatic carbocycles. The number of rotatable bonds is 4. The monoisotopic (exact) mass is 294 g/mol. The van der Waals surface area contributed by atoms with Crippen LogP contribution in [0.5, 0.6) is 0 Å². The molecule has 1 aliphatic heterocycles. The molecule has 1 heterocycles. The molecule has 2 heteroatoms. The van der Waals surface area contributed by atoms with Crippen molar-refractivity contribution in [3.63, 3.8) is 0 Å². The lowest BCUT2D eigenvalue weighted by molar-refractivity contribution is 0.208. The average molecular weight is 295 g/mol. The lowest BCUT2D eigenvalue weighted by Crippen LogP contribution is -2.34. The Bertz CT molecular complexity index is 286. The van der Waals surface area contributed by atoms with Gasteiger partial charge in [-0.3, -0.25) is 0 Å². The van der Waals surface area contributed by atoms with Crippen LogP contribution in [0.3, 0.4) is 0 Å². The Morgan fingerprint density at radius 1 is 0.952 bits per heavy atom. The van der Waals surface area contributed by atoms with Crippen molar-refractivity contribution in [1.82, 2.24) is 10.2 Å². The van der Waals surface area contributed by atoms with Crippen LogP contribution >= 0.6 is 0 Å². The molecule has 124 valence electrons. The topological polar surface area (TPSA) is 15.3 Å². The van der Waals surface area contributed by atoms with Gasteiger partial charge in [0.2, 0.25) is 0 Å². The van der Waals surface area contributed by atoms with Crippen LogP contribution in [-0.4, -0.2) is 37.6 Å². The minimum atomic E-state index is 0.503. The van der Waals surface area contributed by atoms with Crippen LogP contribution in [-0.2, 0) is 0 Å². The number of nitrogens with zero attached hydrogens (tertiary/aromatic N) is 1. The molecule has 2 aliphatic rings. The molecule has 0 aromatic rings. The van der Waals surface area contributed by atoms with Gasteiger partial charge < -0.3 is 10.2 Å². The summed E-state index contributed by atoms with van der Waals surface area (Å²) in [6.07, 6.45) is 11.3. The van der Waals surface area contributed by atoms with E-state index in [0.717, 1.165) is 17.9 Å². The van der Waals surface area contributed by atoms with Gasteiger partial charge in [0.05, 0.1) is 0 Å². The van der Waals surface area contributed by atoms with Crippen molar-refractivity contribution in [3.8, 4) is 0 Å². The van der Waals surface area contributed by atoms with E-state index in [0.29, 0.717) is 5.41 Å². The third-order valence-corrected chi connectivity index (χ3v) is 6.02. The third-order valence-electron chi connectivity index (χ3n) is 6.02. The fourth-order valence-electron chi connectivity index (χ4n) is 4.21. The van der Waals surface area contributed by atoms with Crippen molar-refractivity contribution in [1.29, 1.82) is 0 Å². The van der Waals surface area contributed by atoms with Crippen molar-refractivity contribution < 1.29 is 0 Å². The molecule has 0 radical (unpaired) electrons. The summed E-state index contributed by atoms with van der Waals surface area (Å²) >= 11 is 0. The van der Waals surface area contributed by atoms with E-state index >= 15 is 0 Å². The first-order valence-electron chi connectivity index (χ1n) is 9.37. The van der Waals surface area contributed by atoms with E-state index in [4.69, 9.17) is 0 Å². The van der Waals surface area contributed by atoms with E-state index in [9.17, 15) is 0 Å². The average Bonchev–Trinajstić information content (AvgIpc) is 2.66. The summed E-state index contributed by atoms with van der Waals surface area (Å²) in [4.78, 5) is 2.47. The second kappa shape index (κ2) is 7.97. The van der Waals surface area contributed by atoms with Crippen LogP contribution in [0, 0.1) is 17.3 Å². The standard InChI is InChI=1S/C19H38N2/c1-19(2,3)17-6-5-7-18(9-8-17)20-13-10-16-11-14-21(4)15-12-16/h16-18,20H,5-15H2,1-4H3. The summed E-state index contributed by atoms with van der Waals surface area (Å²) in [6.45, 7) is 11.1. The molecule has 2 atom stereocenters. The summed E-state index contributed by atoms with van der Waals surface area (Å²) in [5.74, 6) is 1.90. The molecule has 2 rings (SSSR count). The molecule has 0 bridgehead atoms. The van der Waals surface area contributed by atoms with E-state index in [1.54, 1.807) is 0 Å². The first-order valence-corrected chi connectivity index (χ1v) is 9.37. The van der Waals surface area contributed by atoms with Gasteiger partial charge in [-0.15, -0.1) is 0 Å². The van der Waals surface area contributed by atoms with Gasteiger partial charge in [0.15, 0.2) is 0 Å². The van der Waals surface area contributed by atoms with Crippen LogP contribution < -0.4 is 5.32 Å². The maximum atomic E-state index is 3.88. The minimum Gasteiger partial charge on any atom is -0.314 e. The van der Waals surface area contributed by atoms with E-state index < -0.39 is 0 Å². The summed E-state index contributed by atoms with van der Waals surface area (Å²) in [5, 5.41) is 3.88. The Morgan fingerprint density at radius 3 is 2.33 bits per heavy atom. The Balaban J connectivity index is 1.63. The Labute approximate surface area is 133 Å². The van der Waals surface area contributed by atoms with Crippen molar-refractivity contribution in [3.05, 3.63) is 0 Å². The number of piperidine rings is 1. The number of likely N-dealkylation sites (tertiary alicyclic amines) is 1. The molecule has 0 spiro atoms. The van der Waals surface area contributed by atoms with E-state index in [2.05, 4.69) is 38.0 Å². The Morgan fingerprint density at radius 2 is 1.67 bits per heavy atom. The maximum Gasteiger partial charge on any atom is 0.00671 e. The van der Waals surface area contributed by atoms with Crippen LogP contribution in [0.4, 0.5) is 0 Å². The van der Waals surface area contributed by atoms with Gasteiger partial charge in [-0.25, -0.2) is 0 Å². The second-order valence-corrected chi connectivity index (χ2v) is 8.76. The second-order valence-electron chi connectivity index (χ2n) is 8.76. The van der Waals surface area contributed by atoms with E-state index in [1.807, 2.05) is 0 Å². The quantitative estimate of drug-likeness (QED) is 0.778. The molecule has 2 unspecified atom stereocenters. The zero-order valence-electron chi connectivity index (χ0n) is 15.0. The zero-order chi connectivity index (χ0) is 15.3. The van der Waals surface area contributed by atoms with E-state index in [-0.39, 0.29) is 0 Å². The van der Waals surface area contributed by atoms with E-state index in [1.165, 1.54) is 71.0 Å².